The van der Waals surface area contributed by atoms with Crippen LogP contribution in [0.1, 0.15) is 165 Å². The Morgan fingerprint density at radius 2 is 0.640 bits per heavy atom. The van der Waals surface area contributed by atoms with Crippen molar-refractivity contribution in [2.75, 3.05) is 95.4 Å². The van der Waals surface area contributed by atoms with E-state index < -0.39 is 0 Å². The second-order valence-electron chi connectivity index (χ2n) is 27.0. The molecule has 4 aliphatic heterocycles. The van der Waals surface area contributed by atoms with Crippen LogP contribution in [0.2, 0.25) is 0 Å². The van der Waals surface area contributed by atoms with Gasteiger partial charge in [-0.05, 0) is 157 Å². The highest BCUT2D eigenvalue weighted by molar-refractivity contribution is 7.99. The standard InChI is InChI=1S/2C21H24N2O5S.2C21H24N2O5/c2*1-14(25)20-18(26)5-2-6-19(20)28-12-15-13-29-11-9-23(15)21(27)16-4-3-8-22-17(16)7-10-24;1-14(25)20-18(26)7-2-8-19(20)28-13-15-5-4-11-23(15)21(27)16-6-3-10-22-17(16)9-12-24;1-14(25)20-18(26)8-4-9-19(20)28-13-15-6-2-3-11-23(15)21(27)16-7-5-10-22-17(16)12-24/h2*2-6,8,15,24,26H,7,9-13H2,1H3;2-3,6-8,10,15,24,26H,4-5,9,11-13H2,1H3;4-5,7-10,15,24,26H,2-3,6,11-13H2,1H3/t4*15-/m1000/s1. The number of aliphatic hydroxyl groups excluding tert-OH is 4. The molecule has 4 aliphatic rings. The van der Waals surface area contributed by atoms with Crippen molar-refractivity contribution in [3.63, 3.8) is 0 Å². The number of aliphatic hydroxyl groups is 4. The predicted molar refractivity (Wildman–Crippen MR) is 427 cm³/mol. The Hall–Kier alpha value is -11.0. The van der Waals surface area contributed by atoms with Crippen molar-refractivity contribution in [3.05, 3.63) is 213 Å². The molecule has 30 heteroatoms. The number of nitrogens with zero attached hydrogens (tertiary/aromatic N) is 8. The number of ether oxygens (including phenoxy) is 4. The average Bonchev–Trinajstić information content (AvgIpc) is 1.74. The minimum atomic E-state index is -0.303. The third kappa shape index (κ3) is 22.7. The lowest BCUT2D eigenvalue weighted by Crippen LogP contribution is -2.49. The molecule has 0 radical (unpaired) electrons. The summed E-state index contributed by atoms with van der Waals surface area (Å²) in [7, 11) is 0. The maximum Gasteiger partial charge on any atom is 0.256 e. The third-order valence-electron chi connectivity index (χ3n) is 19.3. The van der Waals surface area contributed by atoms with Crippen LogP contribution in [0.15, 0.2) is 146 Å². The van der Waals surface area contributed by atoms with Gasteiger partial charge in [0.15, 0.2) is 23.1 Å². The van der Waals surface area contributed by atoms with Gasteiger partial charge in [-0.25, -0.2) is 0 Å². The number of pyridine rings is 4. The smallest absolute Gasteiger partial charge is 0.256 e. The Kier molecular flexibility index (Phi) is 33.0. The molecule has 114 heavy (non-hydrogen) atoms. The van der Waals surface area contributed by atoms with E-state index in [1.165, 1.54) is 52.0 Å². The molecule has 4 saturated heterocycles. The third-order valence-corrected chi connectivity index (χ3v) is 21.5. The Labute approximate surface area is 669 Å². The van der Waals surface area contributed by atoms with Crippen molar-refractivity contribution in [1.29, 1.82) is 0 Å². The van der Waals surface area contributed by atoms with Crippen molar-refractivity contribution < 1.29 is 98.2 Å². The number of benzene rings is 4. The molecule has 0 bridgehead atoms. The maximum absolute atomic E-state index is 13.2. The molecule has 4 atom stereocenters. The lowest BCUT2D eigenvalue weighted by molar-refractivity contribution is 0.0521. The average molecular weight is 1600 g/mol. The molecule has 28 nitrogen and oxygen atoms in total. The molecule has 0 unspecified atom stereocenters. The highest BCUT2D eigenvalue weighted by atomic mass is 32.2. The van der Waals surface area contributed by atoms with E-state index in [4.69, 9.17) is 18.9 Å². The van der Waals surface area contributed by atoms with E-state index in [-0.39, 0.29) is 169 Å². The molecule has 4 fully saturated rings. The van der Waals surface area contributed by atoms with Gasteiger partial charge < -0.3 is 79.4 Å². The van der Waals surface area contributed by atoms with E-state index in [1.807, 2.05) is 0 Å². The number of phenolic OH excluding ortho intramolecular Hbond substituents is 4. The van der Waals surface area contributed by atoms with Gasteiger partial charge in [-0.3, -0.25) is 58.3 Å². The Morgan fingerprint density at radius 3 is 0.947 bits per heavy atom. The number of amides is 4. The van der Waals surface area contributed by atoms with Gasteiger partial charge in [-0.15, -0.1) is 0 Å². The number of likely N-dealkylation sites (tertiary alicyclic amines) is 2. The van der Waals surface area contributed by atoms with Crippen LogP contribution in [0.4, 0.5) is 0 Å². The minimum absolute atomic E-state index is 0.0742. The lowest BCUT2D eigenvalue weighted by atomic mass is 10.0. The minimum Gasteiger partial charge on any atom is -0.507 e. The fourth-order valence-electron chi connectivity index (χ4n) is 13.7. The molecule has 4 amide bonds. The van der Waals surface area contributed by atoms with Gasteiger partial charge in [-0.1, -0.05) is 24.3 Å². The van der Waals surface area contributed by atoms with Crippen LogP contribution in [-0.2, 0) is 25.9 Å². The van der Waals surface area contributed by atoms with Gasteiger partial charge in [0.05, 0.1) is 75.8 Å². The van der Waals surface area contributed by atoms with Gasteiger partial charge >= 0.3 is 0 Å². The molecular formula is C84H96N8O20S2. The first-order chi connectivity index (χ1) is 55.1. The number of aromatic nitrogens is 4. The molecule has 0 aliphatic carbocycles. The number of hydrogen-bond acceptors (Lipinski definition) is 26. The fourth-order valence-corrected chi connectivity index (χ4v) is 15.8. The summed E-state index contributed by atoms with van der Waals surface area (Å²) in [6.07, 6.45) is 11.6. The monoisotopic (exact) mass is 1600 g/mol. The molecule has 12 rings (SSSR count). The van der Waals surface area contributed by atoms with Crippen molar-refractivity contribution in [3.8, 4) is 46.0 Å². The second kappa shape index (κ2) is 43.3. The highest BCUT2D eigenvalue weighted by Crippen LogP contribution is 2.35. The van der Waals surface area contributed by atoms with Crippen LogP contribution < -0.4 is 18.9 Å². The van der Waals surface area contributed by atoms with E-state index in [9.17, 15) is 79.2 Å². The summed E-state index contributed by atoms with van der Waals surface area (Å²) in [4.78, 5) is 124. The zero-order chi connectivity index (χ0) is 81.8. The van der Waals surface area contributed by atoms with E-state index in [1.54, 1.807) is 165 Å². The molecule has 604 valence electrons. The summed E-state index contributed by atoms with van der Waals surface area (Å²) >= 11 is 3.47. The Balaban J connectivity index is 0.000000174. The van der Waals surface area contributed by atoms with Crippen LogP contribution in [0.5, 0.6) is 46.0 Å². The number of thioether (sulfide) groups is 2. The Bertz CT molecular complexity index is 4520. The van der Waals surface area contributed by atoms with Crippen LogP contribution in [0.3, 0.4) is 0 Å². The Morgan fingerprint density at radius 1 is 0.360 bits per heavy atom. The quantitative estimate of drug-likeness (QED) is 0.0222. The first kappa shape index (κ1) is 87.0. The van der Waals surface area contributed by atoms with Gasteiger partial charge in [0, 0.05) is 113 Å². The summed E-state index contributed by atoms with van der Waals surface area (Å²) < 4.78 is 23.4. The molecule has 8 aromatic rings. The highest BCUT2D eigenvalue weighted by Gasteiger charge is 2.36. The summed E-state index contributed by atoms with van der Waals surface area (Å²) in [5.41, 5.74) is 4.51. The molecular weight excluding hydrogens is 1510 g/mol. The van der Waals surface area contributed by atoms with Gasteiger partial charge in [0.2, 0.25) is 0 Å². The van der Waals surface area contributed by atoms with Gasteiger partial charge in [-0.2, -0.15) is 23.5 Å². The molecule has 4 aromatic carbocycles. The largest absolute Gasteiger partial charge is 0.507 e. The van der Waals surface area contributed by atoms with Crippen molar-refractivity contribution in [1.82, 2.24) is 39.5 Å². The van der Waals surface area contributed by atoms with E-state index in [0.29, 0.717) is 125 Å². The number of aromatic hydroxyl groups is 4. The lowest BCUT2D eigenvalue weighted by Gasteiger charge is -2.36. The summed E-state index contributed by atoms with van der Waals surface area (Å²) in [6.45, 7) is 8.16. The van der Waals surface area contributed by atoms with Gasteiger partial charge in [0.1, 0.15) is 94.7 Å². The topological polar surface area (TPSA) is 400 Å². The first-order valence-electron chi connectivity index (χ1n) is 37.5. The van der Waals surface area contributed by atoms with Crippen molar-refractivity contribution in [2.45, 2.75) is 110 Å². The maximum atomic E-state index is 13.2. The normalized spacial score (nSPS) is 16.5. The number of Topliss-reactive ketones (excluding diaryl/α,β-unsaturated/α-hetero) is 4. The molecule has 8 N–H and O–H groups in total. The van der Waals surface area contributed by atoms with Crippen LogP contribution in [-0.4, -0.2) is 247 Å². The molecule has 0 saturated carbocycles. The number of phenols is 4. The second-order valence-corrected chi connectivity index (χ2v) is 29.3. The number of piperidine rings is 1. The predicted octanol–water partition coefficient (Wildman–Crippen LogP) is 9.09. The number of hydrogen-bond donors (Lipinski definition) is 8. The van der Waals surface area contributed by atoms with Crippen molar-refractivity contribution >= 4 is 70.3 Å². The summed E-state index contributed by atoms with van der Waals surface area (Å²) in [6, 6.07) is 31.7. The van der Waals surface area contributed by atoms with E-state index in [0.717, 1.165) is 43.6 Å². The first-order valence-corrected chi connectivity index (χ1v) is 39.8. The SMILES string of the molecule is CC(=O)c1c(O)cccc1OC[C@@H]1CCCCN1C(=O)c1cccnc1CO.CC(=O)c1c(O)cccc1OC[C@@H]1CCCN1C(=O)c1cccnc1CCO.CC(=O)c1c(O)cccc1OC[C@@H]1CSCCN1C(=O)c1cccnc1CCO.CC(=O)c1c(O)cccc1OC[C@H]1CSCCN1C(=O)c1cccnc1CCO. The number of rotatable bonds is 27. The summed E-state index contributed by atoms with van der Waals surface area (Å²) in [5, 5.41) is 77.0. The van der Waals surface area contributed by atoms with Gasteiger partial charge in [0.25, 0.3) is 23.6 Å². The zero-order valence-corrected chi connectivity index (χ0v) is 65.6. The molecule has 0 spiro atoms. The van der Waals surface area contributed by atoms with E-state index >= 15 is 0 Å². The number of ketones is 4. The van der Waals surface area contributed by atoms with E-state index in [2.05, 4.69) is 19.9 Å². The van der Waals surface area contributed by atoms with Crippen LogP contribution in [0.25, 0.3) is 0 Å². The number of carbonyl (C=O) groups excluding carboxylic acids is 8. The van der Waals surface area contributed by atoms with Crippen LogP contribution >= 0.6 is 23.5 Å². The summed E-state index contributed by atoms with van der Waals surface area (Å²) in [5.74, 6) is 2.08. The van der Waals surface area contributed by atoms with Crippen LogP contribution in [0, 0.1) is 0 Å². The molecule has 8 heterocycles. The number of carbonyl (C=O) groups is 8. The zero-order valence-electron chi connectivity index (χ0n) is 64.0. The molecule has 4 aromatic heterocycles. The van der Waals surface area contributed by atoms with Crippen molar-refractivity contribution in [2.24, 2.45) is 0 Å². The fraction of sp³-hybridized carbons (Fsp3) is 0.381.